The van der Waals surface area contributed by atoms with Gasteiger partial charge in [-0.15, -0.1) is 0 Å². The van der Waals surface area contributed by atoms with Crippen molar-refractivity contribution >= 4 is 17.3 Å². The minimum absolute atomic E-state index is 0.132. The van der Waals surface area contributed by atoms with Crippen molar-refractivity contribution in [1.29, 1.82) is 0 Å². The Morgan fingerprint density at radius 2 is 1.88 bits per heavy atom. The molecule has 2 nitrogen and oxygen atoms in total. The summed E-state index contributed by atoms with van der Waals surface area (Å²) < 4.78 is 5.91. The van der Waals surface area contributed by atoms with E-state index in [1.54, 1.807) is 0 Å². The van der Waals surface area contributed by atoms with E-state index in [1.165, 1.54) is 5.56 Å². The zero-order valence-corrected chi connectivity index (χ0v) is 15.1. The van der Waals surface area contributed by atoms with Crippen LogP contribution < -0.4 is 10.5 Å². The maximum Gasteiger partial charge on any atom is 0.119 e. The normalized spacial score (nSPS) is 11.7. The summed E-state index contributed by atoms with van der Waals surface area (Å²) in [6, 6.07) is 13.9. The van der Waals surface area contributed by atoms with Crippen LogP contribution in [0.5, 0.6) is 5.75 Å². The second-order valence-electron chi connectivity index (χ2n) is 7.31. The summed E-state index contributed by atoms with van der Waals surface area (Å²) >= 11 is 0. The van der Waals surface area contributed by atoms with Crippen molar-refractivity contribution in [2.45, 2.75) is 27.7 Å². The minimum Gasteiger partial charge on any atom is -0.493 e. The molecule has 2 rings (SSSR count). The Bertz CT molecular complexity index is 751. The van der Waals surface area contributed by atoms with Gasteiger partial charge in [-0.2, -0.15) is 0 Å². The van der Waals surface area contributed by atoms with E-state index in [1.807, 2.05) is 42.5 Å². The number of hydrogen-bond donors (Lipinski definition) is 1. The number of nitrogens with two attached hydrogens (primary N) is 1. The Hall–Kier alpha value is -2.48. The molecule has 0 bridgehead atoms. The molecule has 0 aliphatic carbocycles. The molecule has 0 radical (unpaired) electrons. The lowest BCUT2D eigenvalue weighted by Crippen LogP contribution is -2.16. The molecule has 0 amide bonds. The average molecular weight is 321 g/mol. The monoisotopic (exact) mass is 321 g/mol. The number of para-hydroxylation sites is 1. The maximum absolute atomic E-state index is 5.98. The molecule has 0 fully saturated rings. The highest BCUT2D eigenvalue weighted by Gasteiger charge is 2.12. The number of rotatable bonds is 5. The number of benzene rings is 2. The number of nitrogen functional groups attached to an aromatic ring is 1. The molecule has 0 aromatic heterocycles. The first-order valence-corrected chi connectivity index (χ1v) is 8.21. The van der Waals surface area contributed by atoms with Crippen LogP contribution in [0.2, 0.25) is 0 Å². The molecule has 0 spiro atoms. The Balaban J connectivity index is 2.18. The van der Waals surface area contributed by atoms with Gasteiger partial charge in [-0.25, -0.2) is 0 Å². The van der Waals surface area contributed by atoms with Crippen LogP contribution >= 0.6 is 0 Å². The first kappa shape index (κ1) is 17.9. The molecular formula is C22H27NO. The minimum atomic E-state index is 0.132. The average Bonchev–Trinajstić information content (AvgIpc) is 2.52. The molecule has 2 aromatic carbocycles. The summed E-state index contributed by atoms with van der Waals surface area (Å²) in [7, 11) is 0. The van der Waals surface area contributed by atoms with Gasteiger partial charge in [0.2, 0.25) is 0 Å². The Kier molecular flexibility index (Phi) is 5.50. The van der Waals surface area contributed by atoms with E-state index in [2.05, 4.69) is 46.4 Å². The third-order valence-corrected chi connectivity index (χ3v) is 3.69. The molecule has 0 saturated heterocycles. The number of allylic oxidation sites excluding steroid dienone is 2. The molecule has 0 atom stereocenters. The first-order valence-electron chi connectivity index (χ1n) is 8.21. The van der Waals surface area contributed by atoms with Crippen molar-refractivity contribution in [2.75, 3.05) is 12.3 Å². The van der Waals surface area contributed by atoms with Crippen molar-refractivity contribution < 1.29 is 4.74 Å². The van der Waals surface area contributed by atoms with Gasteiger partial charge in [-0.3, -0.25) is 0 Å². The standard InChI is InChI=1S/C22H27NO/c1-16(10-12-18-8-6-7-9-21(18)23)20-14-19(13-11-17(20)2)24-15-22(3,4)5/h6-14H,1,15,23H2,2-5H3/b12-10-. The van der Waals surface area contributed by atoms with Gasteiger partial charge in [0.15, 0.2) is 0 Å². The molecule has 2 aromatic rings. The van der Waals surface area contributed by atoms with Crippen molar-refractivity contribution in [1.82, 2.24) is 0 Å². The zero-order chi connectivity index (χ0) is 17.7. The molecular weight excluding hydrogens is 294 g/mol. The highest BCUT2D eigenvalue weighted by Crippen LogP contribution is 2.26. The van der Waals surface area contributed by atoms with Gasteiger partial charge in [0.05, 0.1) is 6.61 Å². The van der Waals surface area contributed by atoms with Gasteiger partial charge in [0.25, 0.3) is 0 Å². The predicted molar refractivity (Wildman–Crippen MR) is 105 cm³/mol. The van der Waals surface area contributed by atoms with Gasteiger partial charge < -0.3 is 10.5 Å². The fraction of sp³-hybridized carbons (Fsp3) is 0.273. The second-order valence-corrected chi connectivity index (χ2v) is 7.31. The van der Waals surface area contributed by atoms with Crippen LogP contribution in [0.3, 0.4) is 0 Å². The lowest BCUT2D eigenvalue weighted by molar-refractivity contribution is 0.198. The molecule has 0 aliphatic rings. The smallest absolute Gasteiger partial charge is 0.119 e. The molecule has 24 heavy (non-hydrogen) atoms. The van der Waals surface area contributed by atoms with E-state index in [-0.39, 0.29) is 5.41 Å². The Morgan fingerprint density at radius 1 is 1.17 bits per heavy atom. The molecule has 2 N–H and O–H groups in total. The van der Waals surface area contributed by atoms with E-state index in [4.69, 9.17) is 10.5 Å². The van der Waals surface area contributed by atoms with Gasteiger partial charge in [0, 0.05) is 5.69 Å². The lowest BCUT2D eigenvalue weighted by atomic mass is 9.98. The summed E-state index contributed by atoms with van der Waals surface area (Å²) in [4.78, 5) is 0. The summed E-state index contributed by atoms with van der Waals surface area (Å²) in [5.74, 6) is 0.874. The van der Waals surface area contributed by atoms with Gasteiger partial charge >= 0.3 is 0 Å². The molecule has 126 valence electrons. The van der Waals surface area contributed by atoms with Crippen molar-refractivity contribution in [2.24, 2.45) is 5.41 Å². The number of anilines is 1. The van der Waals surface area contributed by atoms with Crippen LogP contribution in [-0.2, 0) is 0 Å². The molecule has 2 heteroatoms. The summed E-state index contributed by atoms with van der Waals surface area (Å²) in [5.41, 5.74) is 11.1. The topological polar surface area (TPSA) is 35.2 Å². The third kappa shape index (κ3) is 5.02. The van der Waals surface area contributed by atoms with Crippen LogP contribution in [0.15, 0.2) is 55.1 Å². The summed E-state index contributed by atoms with van der Waals surface area (Å²) in [6.07, 6.45) is 4.00. The van der Waals surface area contributed by atoms with Gasteiger partial charge in [-0.1, -0.05) is 63.8 Å². The van der Waals surface area contributed by atoms with Crippen LogP contribution in [0.25, 0.3) is 11.6 Å². The van der Waals surface area contributed by atoms with Crippen molar-refractivity contribution in [3.05, 3.63) is 71.8 Å². The Labute approximate surface area is 145 Å². The predicted octanol–water partition coefficient (Wildman–Crippen LogP) is 5.73. The van der Waals surface area contributed by atoms with Crippen LogP contribution in [0, 0.1) is 12.3 Å². The molecule has 0 aliphatic heterocycles. The maximum atomic E-state index is 5.98. The molecule has 0 heterocycles. The highest BCUT2D eigenvalue weighted by atomic mass is 16.5. The van der Waals surface area contributed by atoms with E-state index in [0.717, 1.165) is 28.1 Å². The van der Waals surface area contributed by atoms with Crippen LogP contribution in [0.1, 0.15) is 37.5 Å². The largest absolute Gasteiger partial charge is 0.493 e. The van der Waals surface area contributed by atoms with E-state index < -0.39 is 0 Å². The van der Waals surface area contributed by atoms with E-state index in [9.17, 15) is 0 Å². The van der Waals surface area contributed by atoms with E-state index >= 15 is 0 Å². The summed E-state index contributed by atoms with van der Waals surface area (Å²) in [6.45, 7) is 13.4. The van der Waals surface area contributed by atoms with Crippen molar-refractivity contribution in [3.8, 4) is 5.75 Å². The van der Waals surface area contributed by atoms with Crippen LogP contribution in [0.4, 0.5) is 5.69 Å². The first-order chi connectivity index (χ1) is 11.3. The Morgan fingerprint density at radius 3 is 2.54 bits per heavy atom. The zero-order valence-electron chi connectivity index (χ0n) is 15.1. The number of aryl methyl sites for hydroxylation is 1. The second kappa shape index (κ2) is 7.39. The lowest BCUT2D eigenvalue weighted by Gasteiger charge is -2.19. The SMILES string of the molecule is C=C(/C=C\c1ccccc1N)c1cc(OCC(C)(C)C)ccc1C. The van der Waals surface area contributed by atoms with Crippen LogP contribution in [-0.4, -0.2) is 6.61 Å². The number of ether oxygens (including phenoxy) is 1. The third-order valence-electron chi connectivity index (χ3n) is 3.69. The highest BCUT2D eigenvalue weighted by molar-refractivity contribution is 5.81. The molecule has 0 saturated carbocycles. The van der Waals surface area contributed by atoms with E-state index in [0.29, 0.717) is 6.61 Å². The fourth-order valence-corrected chi connectivity index (χ4v) is 2.28. The quantitative estimate of drug-likeness (QED) is 0.564. The van der Waals surface area contributed by atoms with Crippen molar-refractivity contribution in [3.63, 3.8) is 0 Å². The summed E-state index contributed by atoms with van der Waals surface area (Å²) in [5, 5.41) is 0. The van der Waals surface area contributed by atoms with Gasteiger partial charge in [-0.05, 0) is 52.8 Å². The molecule has 0 unspecified atom stereocenters. The van der Waals surface area contributed by atoms with Gasteiger partial charge in [0.1, 0.15) is 5.75 Å². The fourth-order valence-electron chi connectivity index (χ4n) is 2.28. The number of hydrogen-bond acceptors (Lipinski definition) is 2.